The molecule has 1 fully saturated rings. The second kappa shape index (κ2) is 6.91. The van der Waals surface area contributed by atoms with E-state index in [0.29, 0.717) is 6.54 Å². The predicted octanol–water partition coefficient (Wildman–Crippen LogP) is 1.83. The Kier molecular flexibility index (Phi) is 4.71. The third kappa shape index (κ3) is 3.42. The van der Waals surface area contributed by atoms with Crippen LogP contribution in [0.15, 0.2) is 36.8 Å². The molecule has 1 amide bonds. The first kappa shape index (κ1) is 15.7. The van der Waals surface area contributed by atoms with Gasteiger partial charge in [-0.2, -0.15) is 5.10 Å². The molecule has 2 aromatic heterocycles. The highest BCUT2D eigenvalue weighted by atomic mass is 16.2. The number of aryl methyl sites for hydroxylation is 1. The van der Waals surface area contributed by atoms with Gasteiger partial charge in [-0.3, -0.25) is 19.4 Å². The van der Waals surface area contributed by atoms with Gasteiger partial charge in [0.1, 0.15) is 0 Å². The van der Waals surface area contributed by atoms with Crippen molar-refractivity contribution in [2.75, 3.05) is 18.0 Å². The Labute approximate surface area is 136 Å². The minimum absolute atomic E-state index is 0.0871. The molecule has 0 saturated carbocycles. The minimum Gasteiger partial charge on any atom is -0.308 e. The summed E-state index contributed by atoms with van der Waals surface area (Å²) in [5.41, 5.74) is 1.89. The van der Waals surface area contributed by atoms with E-state index in [-0.39, 0.29) is 11.9 Å². The second-order valence-electron chi connectivity index (χ2n) is 5.90. The summed E-state index contributed by atoms with van der Waals surface area (Å²) < 4.78 is 1.73. The van der Waals surface area contributed by atoms with E-state index in [0.717, 1.165) is 37.3 Å². The number of piperidine rings is 1. The molecule has 0 N–H and O–H groups in total. The van der Waals surface area contributed by atoms with Gasteiger partial charge >= 0.3 is 0 Å². The lowest BCUT2D eigenvalue weighted by atomic mass is 10.0. The van der Waals surface area contributed by atoms with E-state index in [1.165, 1.54) is 0 Å². The molecule has 1 aliphatic heterocycles. The molecule has 1 aliphatic rings. The van der Waals surface area contributed by atoms with Crippen LogP contribution in [-0.2, 0) is 18.4 Å². The van der Waals surface area contributed by atoms with Gasteiger partial charge in [-0.05, 0) is 31.5 Å². The third-order valence-electron chi connectivity index (χ3n) is 4.35. The maximum Gasteiger partial charge on any atom is 0.244 e. The van der Waals surface area contributed by atoms with Gasteiger partial charge in [0.2, 0.25) is 5.91 Å². The molecule has 2 aromatic rings. The molecule has 0 aromatic carbocycles. The molecule has 0 spiro atoms. The van der Waals surface area contributed by atoms with Crippen LogP contribution in [0.4, 0.5) is 5.69 Å². The van der Waals surface area contributed by atoms with E-state index in [1.807, 2.05) is 36.3 Å². The molecule has 1 saturated heterocycles. The molecule has 0 radical (unpaired) electrons. The molecule has 0 unspecified atom stereocenters. The highest BCUT2D eigenvalue weighted by Crippen LogP contribution is 2.24. The molecule has 23 heavy (non-hydrogen) atoms. The number of hydrogen-bond donors (Lipinski definition) is 0. The quantitative estimate of drug-likeness (QED) is 0.845. The van der Waals surface area contributed by atoms with Crippen molar-refractivity contribution >= 4 is 11.6 Å². The van der Waals surface area contributed by atoms with Crippen LogP contribution >= 0.6 is 0 Å². The van der Waals surface area contributed by atoms with E-state index < -0.39 is 0 Å². The van der Waals surface area contributed by atoms with Gasteiger partial charge in [0.25, 0.3) is 0 Å². The van der Waals surface area contributed by atoms with Crippen LogP contribution in [0.1, 0.15) is 25.5 Å². The SMILES string of the molecule is CCN(Cc1ccccn1)[C@@H]1CCCN(c2cnn(C)c2)C1=O. The number of carbonyl (C=O) groups is 1. The molecule has 1 atom stereocenters. The molecule has 3 rings (SSSR count). The highest BCUT2D eigenvalue weighted by Gasteiger charge is 2.33. The van der Waals surface area contributed by atoms with Gasteiger partial charge < -0.3 is 4.90 Å². The first-order chi connectivity index (χ1) is 11.2. The highest BCUT2D eigenvalue weighted by molar-refractivity contribution is 5.97. The number of nitrogens with zero attached hydrogens (tertiary/aromatic N) is 5. The van der Waals surface area contributed by atoms with Crippen LogP contribution < -0.4 is 4.90 Å². The summed E-state index contributed by atoms with van der Waals surface area (Å²) in [5, 5.41) is 4.18. The number of hydrogen-bond acceptors (Lipinski definition) is 4. The number of rotatable bonds is 5. The average Bonchev–Trinajstić information content (AvgIpc) is 3.00. The second-order valence-corrected chi connectivity index (χ2v) is 5.90. The standard InChI is InChI=1S/C17H23N5O/c1-3-21(12-14-7-4-5-9-18-14)16-8-6-10-22(17(16)23)15-11-19-20(2)13-15/h4-5,7,9,11,13,16H,3,6,8,10,12H2,1-2H3/t16-/m1/s1. The Morgan fingerprint density at radius 1 is 1.39 bits per heavy atom. The fraction of sp³-hybridized carbons (Fsp3) is 0.471. The van der Waals surface area contributed by atoms with E-state index in [2.05, 4.69) is 21.9 Å². The average molecular weight is 313 g/mol. The summed E-state index contributed by atoms with van der Waals surface area (Å²) in [7, 11) is 1.87. The number of aromatic nitrogens is 3. The van der Waals surface area contributed by atoms with E-state index in [9.17, 15) is 4.79 Å². The van der Waals surface area contributed by atoms with E-state index in [1.54, 1.807) is 17.1 Å². The van der Waals surface area contributed by atoms with Crippen LogP contribution in [0, 0.1) is 0 Å². The summed E-state index contributed by atoms with van der Waals surface area (Å²) in [6.45, 7) is 4.39. The molecule has 6 nitrogen and oxygen atoms in total. The van der Waals surface area contributed by atoms with Gasteiger partial charge in [-0.15, -0.1) is 0 Å². The summed E-state index contributed by atoms with van der Waals surface area (Å²) in [5.74, 6) is 0.169. The number of amides is 1. The van der Waals surface area contributed by atoms with Crippen molar-refractivity contribution in [2.24, 2.45) is 7.05 Å². The van der Waals surface area contributed by atoms with Crippen LogP contribution in [0.2, 0.25) is 0 Å². The van der Waals surface area contributed by atoms with E-state index >= 15 is 0 Å². The summed E-state index contributed by atoms with van der Waals surface area (Å²) in [4.78, 5) is 21.4. The molecule has 122 valence electrons. The Balaban J connectivity index is 1.76. The van der Waals surface area contributed by atoms with Crippen molar-refractivity contribution in [2.45, 2.75) is 32.4 Å². The van der Waals surface area contributed by atoms with Crippen LogP contribution in [0.25, 0.3) is 0 Å². The largest absolute Gasteiger partial charge is 0.308 e. The zero-order chi connectivity index (χ0) is 16.2. The zero-order valence-electron chi connectivity index (χ0n) is 13.7. The van der Waals surface area contributed by atoms with Crippen molar-refractivity contribution in [3.63, 3.8) is 0 Å². The number of pyridine rings is 1. The maximum atomic E-state index is 13.0. The Bertz CT molecular complexity index is 654. The monoisotopic (exact) mass is 313 g/mol. The normalized spacial score (nSPS) is 18.7. The van der Waals surface area contributed by atoms with E-state index in [4.69, 9.17) is 0 Å². The van der Waals surface area contributed by atoms with Gasteiger partial charge in [0.15, 0.2) is 0 Å². The maximum absolute atomic E-state index is 13.0. The summed E-state index contributed by atoms with van der Waals surface area (Å²) in [6, 6.07) is 5.82. The lowest BCUT2D eigenvalue weighted by Crippen LogP contribution is -2.52. The minimum atomic E-state index is -0.0871. The van der Waals surface area contributed by atoms with Crippen molar-refractivity contribution in [1.82, 2.24) is 19.7 Å². The Morgan fingerprint density at radius 2 is 2.26 bits per heavy atom. The fourth-order valence-electron chi connectivity index (χ4n) is 3.14. The van der Waals surface area contributed by atoms with Crippen molar-refractivity contribution in [3.8, 4) is 0 Å². The molecular weight excluding hydrogens is 290 g/mol. The van der Waals surface area contributed by atoms with Crippen LogP contribution in [0.5, 0.6) is 0 Å². The van der Waals surface area contributed by atoms with Crippen molar-refractivity contribution in [3.05, 3.63) is 42.5 Å². The fourth-order valence-corrected chi connectivity index (χ4v) is 3.14. The number of anilines is 1. The summed E-state index contributed by atoms with van der Waals surface area (Å²) >= 11 is 0. The zero-order valence-corrected chi connectivity index (χ0v) is 13.7. The smallest absolute Gasteiger partial charge is 0.244 e. The van der Waals surface area contributed by atoms with Crippen molar-refractivity contribution in [1.29, 1.82) is 0 Å². The van der Waals surface area contributed by atoms with Crippen molar-refractivity contribution < 1.29 is 4.79 Å². The lowest BCUT2D eigenvalue weighted by molar-refractivity contribution is -0.125. The lowest BCUT2D eigenvalue weighted by Gasteiger charge is -2.37. The number of likely N-dealkylation sites (N-methyl/N-ethyl adjacent to an activating group) is 1. The van der Waals surface area contributed by atoms with Gasteiger partial charge in [0.05, 0.1) is 23.6 Å². The molecule has 3 heterocycles. The molecule has 6 heteroatoms. The Morgan fingerprint density at radius 3 is 2.91 bits per heavy atom. The van der Waals surface area contributed by atoms with Gasteiger partial charge in [-0.25, -0.2) is 0 Å². The third-order valence-corrected chi connectivity index (χ3v) is 4.35. The van der Waals surface area contributed by atoms with Gasteiger partial charge in [-0.1, -0.05) is 13.0 Å². The van der Waals surface area contributed by atoms with Gasteiger partial charge in [0, 0.05) is 32.5 Å². The summed E-state index contributed by atoms with van der Waals surface area (Å²) in [6.07, 6.45) is 7.36. The Hall–Kier alpha value is -2.21. The first-order valence-corrected chi connectivity index (χ1v) is 8.13. The van der Waals surface area contributed by atoms with Crippen LogP contribution in [-0.4, -0.2) is 44.7 Å². The predicted molar refractivity (Wildman–Crippen MR) is 88.9 cm³/mol. The first-order valence-electron chi connectivity index (χ1n) is 8.13. The molecule has 0 bridgehead atoms. The topological polar surface area (TPSA) is 54.3 Å². The van der Waals surface area contributed by atoms with Crippen LogP contribution in [0.3, 0.4) is 0 Å². The molecule has 0 aliphatic carbocycles. The number of carbonyl (C=O) groups excluding carboxylic acids is 1. The molecular formula is C17H23N5O.